The molecular formula is C13H12F2N4O. The largest absolute Gasteiger partial charge is 0.319 e. The monoisotopic (exact) mass is 278 g/mol. The summed E-state index contributed by atoms with van der Waals surface area (Å²) in [5.41, 5.74) is 3.06. The molecule has 20 heavy (non-hydrogen) atoms. The van der Waals surface area contributed by atoms with Gasteiger partial charge in [0.05, 0.1) is 5.69 Å². The molecular weight excluding hydrogens is 266 g/mol. The van der Waals surface area contributed by atoms with Crippen LogP contribution >= 0.6 is 0 Å². The molecule has 1 aromatic carbocycles. The van der Waals surface area contributed by atoms with Gasteiger partial charge in [0.2, 0.25) is 0 Å². The van der Waals surface area contributed by atoms with Gasteiger partial charge in [-0.2, -0.15) is 0 Å². The Bertz CT molecular complexity index is 661. The fourth-order valence-corrected chi connectivity index (χ4v) is 1.66. The van der Waals surface area contributed by atoms with Gasteiger partial charge in [-0.1, -0.05) is 0 Å². The maximum absolute atomic E-state index is 13.5. The lowest BCUT2D eigenvalue weighted by Crippen LogP contribution is -2.15. The first-order valence-electron chi connectivity index (χ1n) is 5.71. The Labute approximate surface area is 113 Å². The summed E-state index contributed by atoms with van der Waals surface area (Å²) >= 11 is 0. The first kappa shape index (κ1) is 13.9. The van der Waals surface area contributed by atoms with E-state index in [1.54, 1.807) is 6.92 Å². The summed E-state index contributed by atoms with van der Waals surface area (Å²) in [5.74, 6) is 3.45. The van der Waals surface area contributed by atoms with E-state index in [4.69, 9.17) is 5.84 Å². The highest BCUT2D eigenvalue weighted by Crippen LogP contribution is 2.17. The molecule has 0 aliphatic heterocycles. The summed E-state index contributed by atoms with van der Waals surface area (Å²) in [6, 6.07) is 5.85. The molecule has 2 rings (SSSR count). The minimum absolute atomic E-state index is 0.104. The maximum atomic E-state index is 13.5. The number of rotatable bonds is 3. The molecule has 104 valence electrons. The SMILES string of the molecule is Cc1cc(C(=O)Nc2ccc(F)cc2F)cc(NN)n1. The molecule has 4 N–H and O–H groups in total. The van der Waals surface area contributed by atoms with E-state index < -0.39 is 17.5 Å². The van der Waals surface area contributed by atoms with E-state index in [9.17, 15) is 13.6 Å². The molecule has 7 heteroatoms. The molecule has 0 radical (unpaired) electrons. The van der Waals surface area contributed by atoms with E-state index in [1.807, 2.05) is 0 Å². The number of hydrogen-bond acceptors (Lipinski definition) is 4. The highest BCUT2D eigenvalue weighted by Gasteiger charge is 2.11. The van der Waals surface area contributed by atoms with E-state index in [2.05, 4.69) is 15.7 Å². The van der Waals surface area contributed by atoms with Crippen molar-refractivity contribution >= 4 is 17.4 Å². The average molecular weight is 278 g/mol. The number of hydrazine groups is 1. The summed E-state index contributed by atoms with van der Waals surface area (Å²) in [5, 5.41) is 2.36. The minimum Gasteiger partial charge on any atom is -0.319 e. The maximum Gasteiger partial charge on any atom is 0.255 e. The highest BCUT2D eigenvalue weighted by atomic mass is 19.1. The summed E-state index contributed by atoms with van der Waals surface area (Å²) < 4.78 is 26.2. The number of nitrogens with one attached hydrogen (secondary N) is 2. The van der Waals surface area contributed by atoms with Crippen LogP contribution in [0, 0.1) is 18.6 Å². The van der Waals surface area contributed by atoms with Crippen LogP contribution in [0.3, 0.4) is 0 Å². The van der Waals surface area contributed by atoms with Crippen LogP contribution in [-0.2, 0) is 0 Å². The number of anilines is 2. The molecule has 0 aliphatic carbocycles. The third-order valence-corrected chi connectivity index (χ3v) is 2.54. The fourth-order valence-electron chi connectivity index (χ4n) is 1.66. The second kappa shape index (κ2) is 5.62. The molecule has 1 amide bonds. The average Bonchev–Trinajstić information content (AvgIpc) is 2.41. The quantitative estimate of drug-likeness (QED) is 0.594. The molecule has 2 aromatic rings. The Morgan fingerprint density at radius 1 is 1.25 bits per heavy atom. The van der Waals surface area contributed by atoms with Crippen LogP contribution in [0.1, 0.15) is 16.1 Å². The predicted octanol–water partition coefficient (Wildman–Crippen LogP) is 2.21. The number of aryl methyl sites for hydroxylation is 1. The fraction of sp³-hybridized carbons (Fsp3) is 0.0769. The van der Waals surface area contributed by atoms with Crippen LogP contribution in [0.25, 0.3) is 0 Å². The van der Waals surface area contributed by atoms with Gasteiger partial charge in [0.1, 0.15) is 17.5 Å². The Balaban J connectivity index is 2.26. The number of nitrogens with two attached hydrogens (primary N) is 1. The molecule has 0 atom stereocenters. The number of aromatic nitrogens is 1. The smallest absolute Gasteiger partial charge is 0.255 e. The van der Waals surface area contributed by atoms with Crippen molar-refractivity contribution in [3.05, 3.63) is 53.2 Å². The van der Waals surface area contributed by atoms with Crippen LogP contribution in [0.15, 0.2) is 30.3 Å². The zero-order valence-corrected chi connectivity index (χ0v) is 10.6. The summed E-state index contributed by atoms with van der Waals surface area (Å²) in [7, 11) is 0. The number of benzene rings is 1. The van der Waals surface area contributed by atoms with Crippen molar-refractivity contribution in [3.63, 3.8) is 0 Å². The van der Waals surface area contributed by atoms with Crippen LogP contribution in [0.2, 0.25) is 0 Å². The van der Waals surface area contributed by atoms with Gasteiger partial charge in [-0.25, -0.2) is 19.6 Å². The number of carbonyl (C=O) groups is 1. The zero-order chi connectivity index (χ0) is 14.7. The lowest BCUT2D eigenvalue weighted by Gasteiger charge is -2.08. The van der Waals surface area contributed by atoms with Crippen LogP contribution in [0.4, 0.5) is 20.3 Å². The molecule has 0 spiro atoms. The van der Waals surface area contributed by atoms with E-state index in [1.165, 1.54) is 12.1 Å². The normalized spacial score (nSPS) is 10.2. The second-order valence-electron chi connectivity index (χ2n) is 4.11. The van der Waals surface area contributed by atoms with E-state index in [-0.39, 0.29) is 11.3 Å². The number of halogens is 2. The van der Waals surface area contributed by atoms with Crippen molar-refractivity contribution in [2.24, 2.45) is 5.84 Å². The molecule has 5 nitrogen and oxygen atoms in total. The number of amides is 1. The number of carbonyl (C=O) groups excluding carboxylic acids is 1. The van der Waals surface area contributed by atoms with Crippen molar-refractivity contribution in [2.45, 2.75) is 6.92 Å². The van der Waals surface area contributed by atoms with Crippen molar-refractivity contribution in [3.8, 4) is 0 Å². The Morgan fingerprint density at radius 3 is 2.65 bits per heavy atom. The highest BCUT2D eigenvalue weighted by molar-refractivity contribution is 6.04. The summed E-state index contributed by atoms with van der Waals surface area (Å²) in [4.78, 5) is 16.0. The molecule has 0 aliphatic rings. The van der Waals surface area contributed by atoms with Gasteiger partial charge >= 0.3 is 0 Å². The van der Waals surface area contributed by atoms with Gasteiger partial charge in [0, 0.05) is 17.3 Å². The molecule has 0 fully saturated rings. The lowest BCUT2D eigenvalue weighted by atomic mass is 10.2. The first-order valence-corrected chi connectivity index (χ1v) is 5.71. The minimum atomic E-state index is -0.846. The van der Waals surface area contributed by atoms with Gasteiger partial charge in [-0.15, -0.1) is 0 Å². The van der Waals surface area contributed by atoms with E-state index >= 15 is 0 Å². The molecule has 1 heterocycles. The lowest BCUT2D eigenvalue weighted by molar-refractivity contribution is 0.102. The number of nitrogen functional groups attached to an aromatic ring is 1. The predicted molar refractivity (Wildman–Crippen MR) is 71.1 cm³/mol. The van der Waals surface area contributed by atoms with Crippen LogP contribution in [0.5, 0.6) is 0 Å². The zero-order valence-electron chi connectivity index (χ0n) is 10.6. The van der Waals surface area contributed by atoms with Crippen molar-refractivity contribution < 1.29 is 13.6 Å². The number of pyridine rings is 1. The van der Waals surface area contributed by atoms with Gasteiger partial charge in [-0.05, 0) is 31.2 Å². The Morgan fingerprint density at radius 2 is 2.00 bits per heavy atom. The van der Waals surface area contributed by atoms with Gasteiger partial charge in [-0.3, -0.25) is 4.79 Å². The van der Waals surface area contributed by atoms with Gasteiger partial charge in [0.15, 0.2) is 0 Å². The van der Waals surface area contributed by atoms with Crippen LogP contribution in [-0.4, -0.2) is 10.9 Å². The van der Waals surface area contributed by atoms with Crippen molar-refractivity contribution in [1.29, 1.82) is 0 Å². The van der Waals surface area contributed by atoms with E-state index in [0.29, 0.717) is 17.6 Å². The summed E-state index contributed by atoms with van der Waals surface area (Å²) in [6.45, 7) is 1.69. The van der Waals surface area contributed by atoms with Crippen molar-refractivity contribution in [2.75, 3.05) is 10.7 Å². The van der Waals surface area contributed by atoms with Crippen LogP contribution < -0.4 is 16.6 Å². The second-order valence-corrected chi connectivity index (χ2v) is 4.11. The molecule has 1 aromatic heterocycles. The number of nitrogens with zero attached hydrogens (tertiary/aromatic N) is 1. The summed E-state index contributed by atoms with van der Waals surface area (Å²) in [6.07, 6.45) is 0. The van der Waals surface area contributed by atoms with E-state index in [0.717, 1.165) is 12.1 Å². The van der Waals surface area contributed by atoms with Gasteiger partial charge < -0.3 is 10.7 Å². The first-order chi connectivity index (χ1) is 9.49. The standard InChI is InChI=1S/C13H12F2N4O/c1-7-4-8(5-12(17-7)19-16)13(20)18-11-3-2-9(14)6-10(11)15/h2-6H,16H2,1H3,(H,17,19)(H,18,20). The van der Waals surface area contributed by atoms with Gasteiger partial charge in [0.25, 0.3) is 5.91 Å². The topological polar surface area (TPSA) is 80.0 Å². The molecule has 0 saturated heterocycles. The molecule has 0 unspecified atom stereocenters. The third-order valence-electron chi connectivity index (χ3n) is 2.54. The van der Waals surface area contributed by atoms with Crippen molar-refractivity contribution in [1.82, 2.24) is 4.98 Å². The number of hydrogen-bond donors (Lipinski definition) is 3. The molecule has 0 bridgehead atoms. The Hall–Kier alpha value is -2.54. The third kappa shape index (κ3) is 3.07. The Kier molecular flexibility index (Phi) is 3.90. The molecule has 0 saturated carbocycles.